The molecule has 0 aliphatic carbocycles. The number of hydrogen-bond donors (Lipinski definition) is 2. The number of rotatable bonds is 8. The van der Waals surface area contributed by atoms with Crippen molar-refractivity contribution < 1.29 is 4.79 Å². The fourth-order valence-electron chi connectivity index (χ4n) is 2.40. The van der Waals surface area contributed by atoms with Crippen LogP contribution in [0.5, 0.6) is 0 Å². The summed E-state index contributed by atoms with van der Waals surface area (Å²) in [6, 6.07) is 13.8. The van der Waals surface area contributed by atoms with Crippen LogP contribution in [0.15, 0.2) is 54.0 Å². The molecule has 0 radical (unpaired) electrons. The number of halogens is 1. The van der Waals surface area contributed by atoms with Crippen molar-refractivity contribution in [2.45, 2.75) is 19.3 Å². The molecule has 26 heavy (non-hydrogen) atoms. The molecule has 0 saturated heterocycles. The van der Waals surface area contributed by atoms with Gasteiger partial charge in [0, 0.05) is 18.1 Å². The lowest BCUT2D eigenvalue weighted by Gasteiger charge is -2.04. The third kappa shape index (κ3) is 5.82. The van der Waals surface area contributed by atoms with Crippen molar-refractivity contribution in [3.8, 4) is 0 Å². The van der Waals surface area contributed by atoms with E-state index >= 15 is 0 Å². The Hall–Kier alpha value is -2.44. The van der Waals surface area contributed by atoms with Gasteiger partial charge < -0.3 is 10.6 Å². The first kappa shape index (κ1) is 18.4. The van der Waals surface area contributed by atoms with Gasteiger partial charge in [0.2, 0.25) is 5.91 Å². The molecule has 5 nitrogen and oxygen atoms in total. The number of nitrogens with zero attached hydrogens (tertiary/aromatic N) is 2. The lowest BCUT2D eigenvalue weighted by molar-refractivity contribution is -0.120. The van der Waals surface area contributed by atoms with Crippen LogP contribution in [0.2, 0.25) is 5.02 Å². The van der Waals surface area contributed by atoms with E-state index in [0.29, 0.717) is 22.5 Å². The molecule has 0 unspecified atom stereocenters. The quantitative estimate of drug-likeness (QED) is 0.568. The van der Waals surface area contributed by atoms with Crippen LogP contribution in [0.1, 0.15) is 17.7 Å². The molecule has 0 aliphatic rings. The summed E-state index contributed by atoms with van der Waals surface area (Å²) >= 11 is 7.26. The van der Waals surface area contributed by atoms with Gasteiger partial charge in [-0.3, -0.25) is 4.79 Å². The van der Waals surface area contributed by atoms with E-state index in [-0.39, 0.29) is 12.3 Å². The summed E-state index contributed by atoms with van der Waals surface area (Å²) < 4.78 is 0. The van der Waals surface area contributed by atoms with Gasteiger partial charge in [0.15, 0.2) is 5.13 Å². The molecule has 0 spiro atoms. The van der Waals surface area contributed by atoms with Crippen molar-refractivity contribution in [2.75, 3.05) is 11.9 Å². The van der Waals surface area contributed by atoms with Crippen LogP contribution in [-0.2, 0) is 17.6 Å². The molecule has 1 aromatic carbocycles. The first-order valence-electron chi connectivity index (χ1n) is 8.32. The number of hydrogen-bond acceptors (Lipinski definition) is 5. The summed E-state index contributed by atoms with van der Waals surface area (Å²) in [6.45, 7) is 0.664. The Morgan fingerprint density at radius 1 is 1.15 bits per heavy atom. The van der Waals surface area contributed by atoms with E-state index in [1.165, 1.54) is 16.9 Å². The highest BCUT2D eigenvalue weighted by atomic mass is 35.5. The normalized spacial score (nSPS) is 10.5. The molecule has 7 heteroatoms. The predicted molar refractivity (Wildman–Crippen MR) is 106 cm³/mol. The molecule has 2 heterocycles. The van der Waals surface area contributed by atoms with E-state index in [0.717, 1.165) is 18.5 Å². The summed E-state index contributed by atoms with van der Waals surface area (Å²) in [5.41, 5.74) is 2.03. The second kappa shape index (κ2) is 9.31. The second-order valence-electron chi connectivity index (χ2n) is 5.75. The SMILES string of the molecule is O=C(Cc1csc(Nc2ccc(Cl)cn2)n1)NCCCc1ccccc1. The molecule has 1 amide bonds. The molecule has 0 bridgehead atoms. The molecule has 2 N–H and O–H groups in total. The number of carbonyl (C=O) groups is 1. The molecule has 0 aliphatic heterocycles. The van der Waals surface area contributed by atoms with Crippen LogP contribution < -0.4 is 10.6 Å². The van der Waals surface area contributed by atoms with E-state index in [2.05, 4.69) is 32.7 Å². The van der Waals surface area contributed by atoms with Crippen molar-refractivity contribution in [1.82, 2.24) is 15.3 Å². The highest BCUT2D eigenvalue weighted by molar-refractivity contribution is 7.13. The molecular formula is C19H19ClN4OS. The Morgan fingerprint density at radius 3 is 2.77 bits per heavy atom. The summed E-state index contributed by atoms with van der Waals surface area (Å²) in [6.07, 6.45) is 3.72. The number of nitrogens with one attached hydrogen (secondary N) is 2. The minimum absolute atomic E-state index is 0.0143. The standard InChI is InChI=1S/C19H19ClN4OS/c20-15-8-9-17(22-12-15)24-19-23-16(13-26-19)11-18(25)21-10-4-7-14-5-2-1-3-6-14/h1-3,5-6,8-9,12-13H,4,7,10-11H2,(H,21,25)(H,22,23,24). The highest BCUT2D eigenvalue weighted by Gasteiger charge is 2.08. The topological polar surface area (TPSA) is 66.9 Å². The molecular weight excluding hydrogens is 368 g/mol. The minimum Gasteiger partial charge on any atom is -0.356 e. The lowest BCUT2D eigenvalue weighted by Crippen LogP contribution is -2.26. The van der Waals surface area contributed by atoms with Crippen LogP contribution >= 0.6 is 22.9 Å². The van der Waals surface area contributed by atoms with Crippen LogP contribution in [0.3, 0.4) is 0 Å². The third-order valence-corrected chi connectivity index (χ3v) is 4.69. The molecule has 0 saturated carbocycles. The summed E-state index contributed by atoms with van der Waals surface area (Å²) in [7, 11) is 0. The average molecular weight is 387 g/mol. The van der Waals surface area contributed by atoms with E-state index in [1.54, 1.807) is 18.3 Å². The number of carbonyl (C=O) groups excluding carboxylic acids is 1. The molecule has 2 aromatic heterocycles. The second-order valence-corrected chi connectivity index (χ2v) is 7.04. The highest BCUT2D eigenvalue weighted by Crippen LogP contribution is 2.20. The number of amides is 1. The Balaban J connectivity index is 1.40. The predicted octanol–water partition coefficient (Wildman–Crippen LogP) is 4.23. The number of aryl methyl sites for hydroxylation is 1. The fourth-order valence-corrected chi connectivity index (χ4v) is 3.23. The van der Waals surface area contributed by atoms with E-state index in [4.69, 9.17) is 11.6 Å². The Kier molecular flexibility index (Phi) is 6.57. The summed E-state index contributed by atoms with van der Waals surface area (Å²) in [5, 5.41) is 9.21. The molecule has 134 valence electrons. The number of thiazole rings is 1. The van der Waals surface area contributed by atoms with E-state index < -0.39 is 0 Å². The van der Waals surface area contributed by atoms with E-state index in [1.807, 2.05) is 23.6 Å². The largest absolute Gasteiger partial charge is 0.356 e. The maximum absolute atomic E-state index is 12.0. The minimum atomic E-state index is -0.0143. The van der Waals surface area contributed by atoms with Gasteiger partial charge in [-0.05, 0) is 30.5 Å². The van der Waals surface area contributed by atoms with Crippen LogP contribution in [0.25, 0.3) is 0 Å². The Morgan fingerprint density at radius 2 is 2.00 bits per heavy atom. The van der Waals surface area contributed by atoms with Crippen molar-refractivity contribution in [1.29, 1.82) is 0 Å². The van der Waals surface area contributed by atoms with Crippen LogP contribution in [0, 0.1) is 0 Å². The monoisotopic (exact) mass is 386 g/mol. The molecule has 0 atom stereocenters. The van der Waals surface area contributed by atoms with Crippen molar-refractivity contribution in [3.05, 3.63) is 70.3 Å². The van der Waals surface area contributed by atoms with Crippen LogP contribution in [0.4, 0.5) is 10.9 Å². The van der Waals surface area contributed by atoms with Gasteiger partial charge in [-0.15, -0.1) is 11.3 Å². The number of aromatic nitrogens is 2. The first-order valence-corrected chi connectivity index (χ1v) is 9.58. The van der Waals surface area contributed by atoms with E-state index in [9.17, 15) is 4.79 Å². The fraction of sp³-hybridized carbons (Fsp3) is 0.211. The Bertz CT molecular complexity index is 836. The van der Waals surface area contributed by atoms with Crippen molar-refractivity contribution >= 4 is 39.8 Å². The summed E-state index contributed by atoms with van der Waals surface area (Å²) in [5.74, 6) is 0.653. The lowest BCUT2D eigenvalue weighted by atomic mass is 10.1. The van der Waals surface area contributed by atoms with Gasteiger partial charge in [0.05, 0.1) is 17.1 Å². The van der Waals surface area contributed by atoms with Gasteiger partial charge in [-0.2, -0.15) is 0 Å². The number of anilines is 2. The molecule has 0 fully saturated rings. The van der Waals surface area contributed by atoms with Gasteiger partial charge in [0.1, 0.15) is 5.82 Å². The zero-order chi connectivity index (χ0) is 18.2. The maximum atomic E-state index is 12.0. The molecule has 3 rings (SSSR count). The molecule has 3 aromatic rings. The average Bonchev–Trinajstić information content (AvgIpc) is 3.08. The van der Waals surface area contributed by atoms with Crippen molar-refractivity contribution in [2.24, 2.45) is 0 Å². The maximum Gasteiger partial charge on any atom is 0.226 e. The van der Waals surface area contributed by atoms with Gasteiger partial charge >= 0.3 is 0 Å². The smallest absolute Gasteiger partial charge is 0.226 e. The van der Waals surface area contributed by atoms with Crippen molar-refractivity contribution in [3.63, 3.8) is 0 Å². The number of pyridine rings is 1. The van der Waals surface area contributed by atoms with Gasteiger partial charge in [-0.25, -0.2) is 9.97 Å². The van der Waals surface area contributed by atoms with Crippen LogP contribution in [-0.4, -0.2) is 22.4 Å². The van der Waals surface area contributed by atoms with Gasteiger partial charge in [-0.1, -0.05) is 41.9 Å². The summed E-state index contributed by atoms with van der Waals surface area (Å²) in [4.78, 5) is 20.6. The Labute approximate surface area is 161 Å². The number of benzene rings is 1. The zero-order valence-corrected chi connectivity index (χ0v) is 15.7. The van der Waals surface area contributed by atoms with Gasteiger partial charge in [0.25, 0.3) is 0 Å². The third-order valence-electron chi connectivity index (χ3n) is 3.66. The zero-order valence-electron chi connectivity index (χ0n) is 14.1. The first-order chi connectivity index (χ1) is 12.7.